The van der Waals surface area contributed by atoms with E-state index < -0.39 is 11.4 Å². The van der Waals surface area contributed by atoms with Crippen molar-refractivity contribution in [1.82, 2.24) is 9.78 Å². The van der Waals surface area contributed by atoms with Crippen LogP contribution in [-0.2, 0) is 0 Å². The lowest BCUT2D eigenvalue weighted by molar-refractivity contribution is 0.103. The van der Waals surface area contributed by atoms with Crippen molar-refractivity contribution < 1.29 is 9.21 Å². The molecule has 0 atom stereocenters. The van der Waals surface area contributed by atoms with Gasteiger partial charge in [0.05, 0.1) is 16.3 Å². The smallest absolute Gasteiger partial charge is 0.347 e. The summed E-state index contributed by atoms with van der Waals surface area (Å²) in [4.78, 5) is 27.8. The van der Waals surface area contributed by atoms with Gasteiger partial charge in [-0.1, -0.05) is 65.9 Å². The Morgan fingerprint density at radius 1 is 0.946 bits per heavy atom. The molecule has 3 aromatic heterocycles. The van der Waals surface area contributed by atoms with Crippen LogP contribution in [0.25, 0.3) is 27.4 Å². The van der Waals surface area contributed by atoms with Crippen LogP contribution in [0.4, 0.5) is 0 Å². The van der Waals surface area contributed by atoms with Gasteiger partial charge in [0.15, 0.2) is 5.01 Å². The molecule has 0 fully saturated rings. The second-order valence-corrected chi connectivity index (χ2v) is 10.1. The number of fused-ring (bicyclic) bond motifs is 3. The number of para-hydroxylation sites is 1. The fraction of sp³-hybridized carbons (Fsp3) is 0.0357. The first kappa shape index (κ1) is 23.0. The van der Waals surface area contributed by atoms with Crippen LogP contribution in [-0.4, -0.2) is 21.3 Å². The predicted molar refractivity (Wildman–Crippen MR) is 147 cm³/mol. The first-order chi connectivity index (χ1) is 18.1. The van der Waals surface area contributed by atoms with Crippen LogP contribution in [0.15, 0.2) is 110 Å². The van der Waals surface area contributed by atoms with Crippen molar-refractivity contribution in [3.8, 4) is 5.69 Å². The summed E-state index contributed by atoms with van der Waals surface area (Å²) >= 11 is 2.63. The van der Waals surface area contributed by atoms with Gasteiger partial charge in [-0.15, -0.1) is 16.4 Å². The van der Waals surface area contributed by atoms with E-state index in [2.05, 4.69) is 15.3 Å². The molecule has 3 heterocycles. The fourth-order valence-electron chi connectivity index (χ4n) is 3.97. The lowest BCUT2D eigenvalue weighted by Gasteiger charge is -2.04. The van der Waals surface area contributed by atoms with Gasteiger partial charge in [0.25, 0.3) is 0 Å². The van der Waals surface area contributed by atoms with Crippen LogP contribution >= 0.6 is 22.7 Å². The van der Waals surface area contributed by atoms with E-state index in [0.717, 1.165) is 38.4 Å². The topological polar surface area (TPSA) is 89.8 Å². The van der Waals surface area contributed by atoms with Gasteiger partial charge in [-0.25, -0.2) is 9.48 Å². The number of nitrogens with zero attached hydrogens (tertiary/aromatic N) is 4. The summed E-state index contributed by atoms with van der Waals surface area (Å²) in [6.07, 6.45) is 0. The Morgan fingerprint density at radius 3 is 2.57 bits per heavy atom. The number of rotatable bonds is 5. The van der Waals surface area contributed by atoms with E-state index in [1.165, 1.54) is 0 Å². The van der Waals surface area contributed by atoms with Crippen molar-refractivity contribution in [1.29, 1.82) is 0 Å². The average Bonchev–Trinajstić information content (AvgIpc) is 3.62. The molecule has 6 aromatic rings. The van der Waals surface area contributed by atoms with E-state index in [0.29, 0.717) is 15.8 Å². The van der Waals surface area contributed by atoms with E-state index in [-0.39, 0.29) is 10.6 Å². The largest absolute Gasteiger partial charge is 0.422 e. The van der Waals surface area contributed by atoms with Gasteiger partial charge >= 0.3 is 5.63 Å². The fourth-order valence-corrected chi connectivity index (χ4v) is 5.46. The molecule has 0 bridgehead atoms. The molecule has 0 unspecified atom stereocenters. The van der Waals surface area contributed by atoms with Crippen molar-refractivity contribution in [2.75, 3.05) is 0 Å². The highest BCUT2D eigenvalue weighted by atomic mass is 32.1. The molecule has 0 radical (unpaired) electrons. The van der Waals surface area contributed by atoms with Crippen molar-refractivity contribution in [2.24, 2.45) is 10.2 Å². The molecule has 180 valence electrons. The first-order valence-corrected chi connectivity index (χ1v) is 13.1. The highest BCUT2D eigenvalue weighted by molar-refractivity contribution is 7.12. The highest BCUT2D eigenvalue weighted by Gasteiger charge is 2.21. The van der Waals surface area contributed by atoms with Gasteiger partial charge in [-0.05, 0) is 53.4 Å². The standard InChI is InChI=1S/C28H18N4O3S2/c1-17(24-12-7-15-36-24)29-30-28-32(19-9-3-2-4-10-19)31-26(37-28)25(33)22-16-21-20-11-6-5-8-18(20)13-14-23(21)35-27(22)34/h2-16H,1H3/b29-17+,30-28-. The highest BCUT2D eigenvalue weighted by Crippen LogP contribution is 2.25. The lowest BCUT2D eigenvalue weighted by Crippen LogP contribution is -2.16. The molecule has 0 N–H and O–H groups in total. The van der Waals surface area contributed by atoms with E-state index in [1.807, 2.05) is 85.1 Å². The second-order valence-electron chi connectivity index (χ2n) is 8.18. The molecule has 0 aliphatic heterocycles. The minimum atomic E-state index is -0.709. The molecule has 0 saturated heterocycles. The number of ketones is 1. The average molecular weight is 523 g/mol. The number of hydrogen-bond donors (Lipinski definition) is 0. The molecular weight excluding hydrogens is 504 g/mol. The van der Waals surface area contributed by atoms with Crippen molar-refractivity contribution in [3.05, 3.63) is 121 Å². The molecule has 0 spiro atoms. The Balaban J connectivity index is 1.50. The molecule has 0 amide bonds. The number of carbonyl (C=O) groups excluding carboxylic acids is 1. The maximum atomic E-state index is 13.6. The van der Waals surface area contributed by atoms with Crippen LogP contribution in [0.5, 0.6) is 0 Å². The van der Waals surface area contributed by atoms with Crippen LogP contribution < -0.4 is 10.4 Å². The van der Waals surface area contributed by atoms with Crippen LogP contribution in [0.2, 0.25) is 0 Å². The Labute approximate surface area is 218 Å². The third-order valence-electron chi connectivity index (χ3n) is 5.80. The number of hydrogen-bond acceptors (Lipinski definition) is 8. The van der Waals surface area contributed by atoms with Gasteiger partial charge in [-0.3, -0.25) is 4.79 Å². The Hall–Kier alpha value is -4.47. The van der Waals surface area contributed by atoms with Crippen LogP contribution in [0.1, 0.15) is 27.2 Å². The monoisotopic (exact) mass is 522 g/mol. The van der Waals surface area contributed by atoms with Crippen LogP contribution in [0, 0.1) is 0 Å². The van der Waals surface area contributed by atoms with Crippen molar-refractivity contribution >= 4 is 55.9 Å². The molecule has 7 nitrogen and oxygen atoms in total. The van der Waals surface area contributed by atoms with Crippen LogP contribution in [0.3, 0.4) is 0 Å². The number of carbonyl (C=O) groups is 1. The number of thiophene rings is 1. The zero-order chi connectivity index (χ0) is 25.4. The molecule has 37 heavy (non-hydrogen) atoms. The maximum absolute atomic E-state index is 13.6. The Morgan fingerprint density at radius 2 is 1.76 bits per heavy atom. The summed E-state index contributed by atoms with van der Waals surface area (Å²) in [7, 11) is 0. The van der Waals surface area contributed by atoms with Gasteiger partial charge in [0.1, 0.15) is 11.1 Å². The zero-order valence-electron chi connectivity index (χ0n) is 19.5. The summed E-state index contributed by atoms with van der Waals surface area (Å²) in [5.41, 5.74) is 1.10. The lowest BCUT2D eigenvalue weighted by atomic mass is 10.0. The first-order valence-electron chi connectivity index (χ1n) is 11.4. The minimum absolute atomic E-state index is 0.0809. The van der Waals surface area contributed by atoms with Crippen molar-refractivity contribution in [3.63, 3.8) is 0 Å². The predicted octanol–water partition coefficient (Wildman–Crippen LogP) is 5.81. The number of aromatic nitrogens is 2. The summed E-state index contributed by atoms with van der Waals surface area (Å²) in [6.45, 7) is 1.87. The SMILES string of the molecule is C/C(=N\N=c1/sc(C(=O)c2cc3c(ccc4ccccc43)oc2=O)nn1-c1ccccc1)c1cccs1. The van der Waals surface area contributed by atoms with Gasteiger partial charge in [-0.2, -0.15) is 10.2 Å². The van der Waals surface area contributed by atoms with Gasteiger partial charge in [0.2, 0.25) is 10.6 Å². The molecular formula is C28H18N4O3S2. The second kappa shape index (κ2) is 9.53. The number of benzene rings is 3. The van der Waals surface area contributed by atoms with E-state index in [4.69, 9.17) is 4.42 Å². The summed E-state index contributed by atoms with van der Waals surface area (Å²) in [6, 6.07) is 26.2. The van der Waals surface area contributed by atoms with Gasteiger partial charge in [0, 0.05) is 5.39 Å². The molecule has 0 aliphatic carbocycles. The summed E-state index contributed by atoms with van der Waals surface area (Å²) in [5.74, 6) is -0.529. The Bertz CT molecular complexity index is 1930. The molecule has 0 saturated carbocycles. The molecule has 0 aliphatic rings. The minimum Gasteiger partial charge on any atom is -0.422 e. The third-order valence-corrected chi connectivity index (χ3v) is 7.68. The molecule has 9 heteroatoms. The van der Waals surface area contributed by atoms with Crippen molar-refractivity contribution in [2.45, 2.75) is 6.92 Å². The maximum Gasteiger partial charge on any atom is 0.347 e. The summed E-state index contributed by atoms with van der Waals surface area (Å²) in [5, 5.41) is 18.0. The Kier molecular flexibility index (Phi) is 5.91. The summed E-state index contributed by atoms with van der Waals surface area (Å²) < 4.78 is 7.09. The zero-order valence-corrected chi connectivity index (χ0v) is 21.1. The van der Waals surface area contributed by atoms with E-state index >= 15 is 0 Å². The third kappa shape index (κ3) is 4.35. The quantitative estimate of drug-likeness (QED) is 0.0939. The normalized spacial score (nSPS) is 12.5. The molecule has 6 rings (SSSR count). The van der Waals surface area contributed by atoms with E-state index in [1.54, 1.807) is 28.2 Å². The van der Waals surface area contributed by atoms with E-state index in [9.17, 15) is 9.59 Å². The van der Waals surface area contributed by atoms with Gasteiger partial charge < -0.3 is 4.42 Å². The molecule has 3 aromatic carbocycles.